The van der Waals surface area contributed by atoms with Crippen LogP contribution in [0.5, 0.6) is 0 Å². The van der Waals surface area contributed by atoms with Crippen LogP contribution in [-0.4, -0.2) is 24.8 Å². The van der Waals surface area contributed by atoms with Crippen molar-refractivity contribution in [1.29, 1.82) is 0 Å². The lowest BCUT2D eigenvalue weighted by Crippen LogP contribution is -2.12. The average molecular weight is 289 g/mol. The van der Waals surface area contributed by atoms with Crippen LogP contribution in [-0.2, 0) is 6.42 Å². The molecule has 0 amide bonds. The van der Waals surface area contributed by atoms with E-state index in [-0.39, 0.29) is 5.56 Å². The molecule has 3 aromatic rings. The average Bonchev–Trinajstić information content (AvgIpc) is 3.16. The van der Waals surface area contributed by atoms with Crippen LogP contribution in [0.4, 0.5) is 0 Å². The number of aromatic amines is 1. The summed E-state index contributed by atoms with van der Waals surface area (Å²) in [7, 11) is 0. The molecule has 1 fully saturated rings. The van der Waals surface area contributed by atoms with Crippen LogP contribution < -0.4 is 5.56 Å². The zero-order valence-corrected chi connectivity index (χ0v) is 11.8. The standard InChI is InChI=1S/C13H15N5OS/c19-12-10-11(16-17-15-10)14-13-18(12)7-9(20-13)6-5-8-3-1-2-4-8/h7-8H,1-6H2,(H,15,16,17). The van der Waals surface area contributed by atoms with E-state index in [0.717, 1.165) is 12.3 Å². The molecule has 104 valence electrons. The Hall–Kier alpha value is -1.76. The van der Waals surface area contributed by atoms with Gasteiger partial charge < -0.3 is 0 Å². The molecule has 1 saturated carbocycles. The number of aryl methyl sites for hydroxylation is 1. The van der Waals surface area contributed by atoms with E-state index >= 15 is 0 Å². The first-order chi connectivity index (χ1) is 9.81. The predicted octanol–water partition coefficient (Wildman–Crippen LogP) is 2.15. The SMILES string of the molecule is O=c1c2n[nH]nc2nc2sc(CCC3CCCC3)cn12. The quantitative estimate of drug-likeness (QED) is 0.801. The molecule has 0 spiro atoms. The number of fused-ring (bicyclic) bond motifs is 2. The van der Waals surface area contributed by atoms with E-state index < -0.39 is 0 Å². The molecule has 0 unspecified atom stereocenters. The molecule has 4 rings (SSSR count). The van der Waals surface area contributed by atoms with Crippen LogP contribution in [0.25, 0.3) is 16.1 Å². The number of aromatic nitrogens is 5. The van der Waals surface area contributed by atoms with Crippen molar-refractivity contribution in [3.8, 4) is 0 Å². The molecule has 0 saturated heterocycles. The van der Waals surface area contributed by atoms with Crippen molar-refractivity contribution in [2.45, 2.75) is 38.5 Å². The zero-order valence-electron chi connectivity index (χ0n) is 11.0. The monoisotopic (exact) mass is 289 g/mol. The number of H-pyrrole nitrogens is 1. The van der Waals surface area contributed by atoms with Crippen molar-refractivity contribution < 1.29 is 0 Å². The van der Waals surface area contributed by atoms with Gasteiger partial charge >= 0.3 is 0 Å². The summed E-state index contributed by atoms with van der Waals surface area (Å²) in [6, 6.07) is 0. The van der Waals surface area contributed by atoms with Gasteiger partial charge in [-0.25, -0.2) is 0 Å². The van der Waals surface area contributed by atoms with E-state index in [1.165, 1.54) is 37.0 Å². The molecule has 0 atom stereocenters. The lowest BCUT2D eigenvalue weighted by molar-refractivity contribution is 0.505. The summed E-state index contributed by atoms with van der Waals surface area (Å²) in [5, 5.41) is 10.2. The van der Waals surface area contributed by atoms with Gasteiger partial charge in [0.15, 0.2) is 10.5 Å². The molecular weight excluding hydrogens is 274 g/mol. The van der Waals surface area contributed by atoms with E-state index in [2.05, 4.69) is 20.4 Å². The van der Waals surface area contributed by atoms with Gasteiger partial charge in [0, 0.05) is 11.1 Å². The topological polar surface area (TPSA) is 75.9 Å². The molecule has 20 heavy (non-hydrogen) atoms. The smallest absolute Gasteiger partial charge is 0.266 e. The van der Waals surface area contributed by atoms with Gasteiger partial charge in [0.05, 0.1) is 0 Å². The second-order valence-electron chi connectivity index (χ2n) is 5.45. The molecule has 0 aliphatic heterocycles. The minimum absolute atomic E-state index is 0.137. The van der Waals surface area contributed by atoms with Crippen molar-refractivity contribution in [3.63, 3.8) is 0 Å². The van der Waals surface area contributed by atoms with Gasteiger partial charge in [-0.3, -0.25) is 9.20 Å². The zero-order chi connectivity index (χ0) is 13.5. The second kappa shape index (κ2) is 4.66. The van der Waals surface area contributed by atoms with E-state index in [9.17, 15) is 4.79 Å². The first kappa shape index (κ1) is 12.0. The van der Waals surface area contributed by atoms with Crippen molar-refractivity contribution in [1.82, 2.24) is 24.8 Å². The maximum Gasteiger partial charge on any atom is 0.288 e. The van der Waals surface area contributed by atoms with Gasteiger partial charge in [0.1, 0.15) is 0 Å². The first-order valence-corrected chi connectivity index (χ1v) is 7.84. The fourth-order valence-electron chi connectivity index (χ4n) is 3.03. The van der Waals surface area contributed by atoms with Crippen molar-refractivity contribution in [3.05, 3.63) is 21.4 Å². The highest BCUT2D eigenvalue weighted by Gasteiger charge is 2.16. The highest BCUT2D eigenvalue weighted by molar-refractivity contribution is 7.17. The third-order valence-corrected chi connectivity index (χ3v) is 5.17. The molecule has 0 aromatic carbocycles. The summed E-state index contributed by atoms with van der Waals surface area (Å²) in [6.45, 7) is 0. The van der Waals surface area contributed by atoms with Gasteiger partial charge in [-0.15, -0.1) is 21.5 Å². The lowest BCUT2D eigenvalue weighted by atomic mass is 10.0. The fourth-order valence-corrected chi connectivity index (χ4v) is 4.01. The largest absolute Gasteiger partial charge is 0.288 e. The Balaban J connectivity index is 1.67. The van der Waals surface area contributed by atoms with Crippen molar-refractivity contribution in [2.24, 2.45) is 5.92 Å². The van der Waals surface area contributed by atoms with Crippen LogP contribution in [0.15, 0.2) is 11.0 Å². The van der Waals surface area contributed by atoms with Gasteiger partial charge in [0.25, 0.3) is 5.56 Å². The summed E-state index contributed by atoms with van der Waals surface area (Å²) >= 11 is 1.58. The molecule has 0 bridgehead atoms. The molecule has 0 radical (unpaired) electrons. The van der Waals surface area contributed by atoms with Crippen LogP contribution in [0, 0.1) is 5.92 Å². The Bertz CT molecular complexity index is 811. The van der Waals surface area contributed by atoms with Crippen LogP contribution in [0.1, 0.15) is 37.0 Å². The normalized spacial score (nSPS) is 16.6. The molecule has 6 nitrogen and oxygen atoms in total. The van der Waals surface area contributed by atoms with E-state index in [4.69, 9.17) is 0 Å². The lowest BCUT2D eigenvalue weighted by Gasteiger charge is -2.05. The summed E-state index contributed by atoms with van der Waals surface area (Å²) in [5.74, 6) is 0.865. The third kappa shape index (κ3) is 1.93. The highest BCUT2D eigenvalue weighted by Crippen LogP contribution is 2.29. The number of hydrogen-bond donors (Lipinski definition) is 1. The maximum atomic E-state index is 12.2. The maximum absolute atomic E-state index is 12.2. The Morgan fingerprint density at radius 2 is 2.20 bits per heavy atom. The minimum atomic E-state index is -0.137. The summed E-state index contributed by atoms with van der Waals surface area (Å²) in [4.78, 5) is 18.5. The summed E-state index contributed by atoms with van der Waals surface area (Å²) in [5.41, 5.74) is 0.573. The first-order valence-electron chi connectivity index (χ1n) is 7.03. The summed E-state index contributed by atoms with van der Waals surface area (Å²) in [6.07, 6.45) is 9.65. The fraction of sp³-hybridized carbons (Fsp3) is 0.538. The van der Waals surface area contributed by atoms with E-state index in [1.807, 2.05) is 6.20 Å². The summed E-state index contributed by atoms with van der Waals surface area (Å²) < 4.78 is 1.60. The third-order valence-electron chi connectivity index (χ3n) is 4.13. The highest BCUT2D eigenvalue weighted by atomic mass is 32.1. The number of rotatable bonds is 3. The Labute approximate surface area is 118 Å². The Morgan fingerprint density at radius 1 is 1.35 bits per heavy atom. The van der Waals surface area contributed by atoms with Crippen LogP contribution in [0.3, 0.4) is 0 Å². The van der Waals surface area contributed by atoms with E-state index in [0.29, 0.717) is 16.1 Å². The number of thiazole rings is 1. The van der Waals surface area contributed by atoms with Gasteiger partial charge in [-0.05, 0) is 18.8 Å². The molecule has 1 aliphatic carbocycles. The van der Waals surface area contributed by atoms with Gasteiger partial charge in [0.2, 0.25) is 5.65 Å². The molecule has 3 heterocycles. The predicted molar refractivity (Wildman–Crippen MR) is 77.1 cm³/mol. The van der Waals surface area contributed by atoms with Crippen LogP contribution >= 0.6 is 11.3 Å². The number of hydrogen-bond acceptors (Lipinski definition) is 5. The van der Waals surface area contributed by atoms with Gasteiger partial charge in [-0.1, -0.05) is 25.7 Å². The minimum Gasteiger partial charge on any atom is -0.266 e. The molecule has 1 N–H and O–H groups in total. The van der Waals surface area contributed by atoms with Gasteiger partial charge in [-0.2, -0.15) is 10.2 Å². The molecular formula is C13H15N5OS. The number of nitrogens with one attached hydrogen (secondary N) is 1. The number of nitrogens with zero attached hydrogens (tertiary/aromatic N) is 4. The Morgan fingerprint density at radius 3 is 3.05 bits per heavy atom. The molecule has 1 aliphatic rings. The second-order valence-corrected chi connectivity index (χ2v) is 6.55. The van der Waals surface area contributed by atoms with E-state index in [1.54, 1.807) is 15.7 Å². The molecule has 7 heteroatoms. The van der Waals surface area contributed by atoms with Crippen molar-refractivity contribution in [2.75, 3.05) is 0 Å². The van der Waals surface area contributed by atoms with Crippen molar-refractivity contribution >= 4 is 27.5 Å². The Kier molecular flexibility index (Phi) is 2.80. The molecule has 3 aromatic heterocycles. The van der Waals surface area contributed by atoms with Crippen LogP contribution in [0.2, 0.25) is 0 Å².